The van der Waals surface area contributed by atoms with E-state index in [0.717, 1.165) is 9.87 Å². The Kier molecular flexibility index (Phi) is 7.90. The number of halogens is 3. The number of sulfonamides is 1. The third-order valence-electron chi connectivity index (χ3n) is 4.79. The van der Waals surface area contributed by atoms with E-state index >= 15 is 0 Å². The van der Waals surface area contributed by atoms with Gasteiger partial charge in [-0.05, 0) is 66.6 Å². The minimum Gasteiger partial charge on any atom is -0.348 e. The molecule has 3 aromatic rings. The van der Waals surface area contributed by atoms with Gasteiger partial charge in [0.15, 0.2) is 0 Å². The Labute approximate surface area is 196 Å². The number of rotatable bonds is 8. The molecule has 168 valence electrons. The van der Waals surface area contributed by atoms with Gasteiger partial charge in [0.2, 0.25) is 15.9 Å². The van der Waals surface area contributed by atoms with Gasteiger partial charge in [0.25, 0.3) is 0 Å². The number of carbonyl (C=O) groups excluding carboxylic acids is 1. The number of carbonyl (C=O) groups is 1. The van der Waals surface area contributed by atoms with Gasteiger partial charge in [-0.3, -0.25) is 4.79 Å². The lowest BCUT2D eigenvalue weighted by atomic mass is 10.1. The van der Waals surface area contributed by atoms with E-state index in [1.165, 1.54) is 48.5 Å². The van der Waals surface area contributed by atoms with Crippen molar-refractivity contribution < 1.29 is 17.6 Å². The molecule has 0 aliphatic heterocycles. The maximum atomic E-state index is 13.3. The van der Waals surface area contributed by atoms with Crippen LogP contribution in [0.15, 0.2) is 77.7 Å². The number of nitrogens with one attached hydrogen (secondary N) is 1. The van der Waals surface area contributed by atoms with Crippen LogP contribution in [0.5, 0.6) is 0 Å². The lowest BCUT2D eigenvalue weighted by Gasteiger charge is -2.23. The molecule has 0 bridgehead atoms. The molecule has 0 radical (unpaired) electrons. The third-order valence-corrected chi connectivity index (χ3v) is 7.10. The van der Waals surface area contributed by atoms with Crippen molar-refractivity contribution in [1.29, 1.82) is 0 Å². The number of benzene rings is 3. The van der Waals surface area contributed by atoms with E-state index in [-0.39, 0.29) is 17.5 Å². The van der Waals surface area contributed by atoms with Gasteiger partial charge in [-0.15, -0.1) is 0 Å². The lowest BCUT2D eigenvalue weighted by molar-refractivity contribution is -0.122. The van der Waals surface area contributed by atoms with Crippen LogP contribution in [0, 0.1) is 5.82 Å². The van der Waals surface area contributed by atoms with Gasteiger partial charge in [-0.2, -0.15) is 4.31 Å². The molecular weight excluding hydrogens is 474 g/mol. The van der Waals surface area contributed by atoms with E-state index in [1.807, 2.05) is 0 Å². The number of nitrogens with zero attached hydrogens (tertiary/aromatic N) is 1. The van der Waals surface area contributed by atoms with Gasteiger partial charge in [0.05, 0.1) is 17.5 Å². The molecule has 0 saturated heterocycles. The fraction of sp³-hybridized carbons (Fsp3) is 0.174. The van der Waals surface area contributed by atoms with Crippen molar-refractivity contribution in [3.63, 3.8) is 0 Å². The summed E-state index contributed by atoms with van der Waals surface area (Å²) in [4.78, 5) is 12.8. The quantitative estimate of drug-likeness (QED) is 0.467. The monoisotopic (exact) mass is 494 g/mol. The van der Waals surface area contributed by atoms with E-state index in [2.05, 4.69) is 5.32 Å². The first kappa shape index (κ1) is 24.2. The molecule has 0 fully saturated rings. The summed E-state index contributed by atoms with van der Waals surface area (Å²) in [6.07, 6.45) is 0. The maximum absolute atomic E-state index is 13.3. The van der Waals surface area contributed by atoms with Crippen molar-refractivity contribution in [2.24, 2.45) is 0 Å². The lowest BCUT2D eigenvalue weighted by Crippen LogP contribution is -2.41. The minimum atomic E-state index is -4.02. The summed E-state index contributed by atoms with van der Waals surface area (Å²) in [5, 5.41) is 3.77. The number of amides is 1. The molecule has 1 N–H and O–H groups in total. The molecule has 5 nitrogen and oxygen atoms in total. The minimum absolute atomic E-state index is 0.00237. The number of hydrogen-bond acceptors (Lipinski definition) is 3. The van der Waals surface area contributed by atoms with E-state index in [4.69, 9.17) is 23.2 Å². The summed E-state index contributed by atoms with van der Waals surface area (Å²) < 4.78 is 40.8. The SMILES string of the molecule is CC(NC(=O)CN(Cc1ccc(F)cc1)S(=O)(=O)c1ccc(Cl)cc1)c1ccc(Cl)cc1. The van der Waals surface area contributed by atoms with Gasteiger partial charge in [-0.25, -0.2) is 12.8 Å². The Balaban J connectivity index is 1.82. The van der Waals surface area contributed by atoms with Crippen LogP contribution in [0.25, 0.3) is 0 Å². The zero-order chi connectivity index (χ0) is 23.3. The van der Waals surface area contributed by atoms with Gasteiger partial charge in [0, 0.05) is 16.6 Å². The Morgan fingerprint density at radius 2 is 1.47 bits per heavy atom. The van der Waals surface area contributed by atoms with Crippen LogP contribution in [-0.2, 0) is 21.4 Å². The molecule has 3 aromatic carbocycles. The van der Waals surface area contributed by atoms with Crippen LogP contribution in [0.3, 0.4) is 0 Å². The van der Waals surface area contributed by atoms with Gasteiger partial charge in [0.1, 0.15) is 5.82 Å². The fourth-order valence-corrected chi connectivity index (χ4v) is 4.69. The number of hydrogen-bond donors (Lipinski definition) is 1. The Morgan fingerprint density at radius 1 is 0.938 bits per heavy atom. The zero-order valence-corrected chi connectivity index (χ0v) is 19.5. The molecule has 0 saturated carbocycles. The third kappa shape index (κ3) is 6.29. The molecule has 1 amide bonds. The summed E-state index contributed by atoms with van der Waals surface area (Å²) in [5.74, 6) is -0.914. The van der Waals surface area contributed by atoms with E-state index < -0.39 is 28.3 Å². The second kappa shape index (κ2) is 10.4. The molecule has 1 atom stereocenters. The summed E-state index contributed by atoms with van der Waals surface area (Å²) in [6, 6.07) is 17.8. The second-order valence-corrected chi connectivity index (χ2v) is 10.0. The Morgan fingerprint density at radius 3 is 2.03 bits per heavy atom. The predicted molar refractivity (Wildman–Crippen MR) is 123 cm³/mol. The summed E-state index contributed by atoms with van der Waals surface area (Å²) in [5.41, 5.74) is 1.37. The van der Waals surface area contributed by atoms with Crippen LogP contribution >= 0.6 is 23.2 Å². The molecule has 0 aliphatic carbocycles. The van der Waals surface area contributed by atoms with Crippen LogP contribution in [0.4, 0.5) is 4.39 Å². The Bertz CT molecular complexity index is 1170. The van der Waals surface area contributed by atoms with Crippen LogP contribution in [0.1, 0.15) is 24.1 Å². The largest absolute Gasteiger partial charge is 0.348 e. The first-order valence-corrected chi connectivity index (χ1v) is 11.9. The zero-order valence-electron chi connectivity index (χ0n) is 17.1. The van der Waals surface area contributed by atoms with Crippen LogP contribution < -0.4 is 5.32 Å². The van der Waals surface area contributed by atoms with Gasteiger partial charge in [-0.1, -0.05) is 47.5 Å². The molecule has 0 aromatic heterocycles. The standard InChI is InChI=1S/C23H21Cl2FN2O3S/c1-16(18-4-6-19(24)7-5-18)27-23(29)15-28(14-17-2-10-21(26)11-3-17)32(30,31)22-12-8-20(25)9-13-22/h2-13,16H,14-15H2,1H3,(H,27,29). The molecule has 0 heterocycles. The molecule has 9 heteroatoms. The molecular formula is C23H21Cl2FN2O3S. The highest BCUT2D eigenvalue weighted by atomic mass is 35.5. The smallest absolute Gasteiger partial charge is 0.243 e. The van der Waals surface area contributed by atoms with Crippen molar-refractivity contribution in [2.75, 3.05) is 6.54 Å². The maximum Gasteiger partial charge on any atom is 0.243 e. The molecule has 3 rings (SSSR count). The van der Waals surface area contributed by atoms with Crippen molar-refractivity contribution in [1.82, 2.24) is 9.62 Å². The van der Waals surface area contributed by atoms with E-state index in [0.29, 0.717) is 15.6 Å². The normalized spacial score (nSPS) is 12.5. The summed E-state index contributed by atoms with van der Waals surface area (Å²) in [7, 11) is -4.02. The highest BCUT2D eigenvalue weighted by Gasteiger charge is 2.27. The highest BCUT2D eigenvalue weighted by molar-refractivity contribution is 7.89. The second-order valence-electron chi connectivity index (χ2n) is 7.19. The van der Waals surface area contributed by atoms with Crippen LogP contribution in [-0.4, -0.2) is 25.2 Å². The van der Waals surface area contributed by atoms with Crippen molar-refractivity contribution in [2.45, 2.75) is 24.4 Å². The average Bonchev–Trinajstić information content (AvgIpc) is 2.75. The van der Waals surface area contributed by atoms with Gasteiger partial charge >= 0.3 is 0 Å². The van der Waals surface area contributed by atoms with E-state index in [9.17, 15) is 17.6 Å². The van der Waals surface area contributed by atoms with Crippen molar-refractivity contribution >= 4 is 39.1 Å². The first-order chi connectivity index (χ1) is 15.1. The molecule has 0 aliphatic rings. The van der Waals surface area contributed by atoms with Crippen molar-refractivity contribution in [3.05, 3.63) is 99.8 Å². The predicted octanol–water partition coefficient (Wildman–Crippen LogP) is 5.20. The molecule has 0 spiro atoms. The average molecular weight is 495 g/mol. The highest BCUT2D eigenvalue weighted by Crippen LogP contribution is 2.21. The fourth-order valence-electron chi connectivity index (χ4n) is 3.06. The molecule has 32 heavy (non-hydrogen) atoms. The molecule has 1 unspecified atom stereocenters. The summed E-state index contributed by atoms with van der Waals surface area (Å²) >= 11 is 11.8. The first-order valence-electron chi connectivity index (χ1n) is 9.70. The van der Waals surface area contributed by atoms with Crippen LogP contribution in [0.2, 0.25) is 10.0 Å². The topological polar surface area (TPSA) is 66.5 Å². The summed E-state index contributed by atoms with van der Waals surface area (Å²) in [6.45, 7) is 1.27. The Hall–Kier alpha value is -2.45. The van der Waals surface area contributed by atoms with Gasteiger partial charge < -0.3 is 5.32 Å². The van der Waals surface area contributed by atoms with E-state index in [1.54, 1.807) is 31.2 Å². The van der Waals surface area contributed by atoms with Crippen molar-refractivity contribution in [3.8, 4) is 0 Å².